The molecule has 1 aromatic carbocycles. The summed E-state index contributed by atoms with van der Waals surface area (Å²) in [7, 11) is 0. The first-order valence-electron chi connectivity index (χ1n) is 7.86. The second-order valence-corrected chi connectivity index (χ2v) is 6.37. The van der Waals surface area contributed by atoms with Gasteiger partial charge in [0, 0.05) is 18.2 Å². The lowest BCUT2D eigenvalue weighted by Crippen LogP contribution is -2.54. The summed E-state index contributed by atoms with van der Waals surface area (Å²) in [6.07, 6.45) is 1.64. The molecule has 2 aliphatic rings. The van der Waals surface area contributed by atoms with E-state index in [4.69, 9.17) is 0 Å². The number of nitrogens with one attached hydrogen (secondary N) is 1. The van der Waals surface area contributed by atoms with E-state index in [1.54, 1.807) is 11.8 Å². The Hall–Kier alpha value is -1.88. The van der Waals surface area contributed by atoms with Gasteiger partial charge in [-0.25, -0.2) is 0 Å². The second kappa shape index (κ2) is 5.72. The topological polar surface area (TPSA) is 69.6 Å². The van der Waals surface area contributed by atoms with Gasteiger partial charge in [0.2, 0.25) is 5.91 Å². The highest BCUT2D eigenvalue weighted by molar-refractivity contribution is 6.01. The number of rotatable bonds is 4. The SMILES string of the molecule is Cc1ccc2c(c1)N(C(=O)[C@@H](NC(=O)C1CC1)[C@H](C)O)CC2. The van der Waals surface area contributed by atoms with E-state index >= 15 is 0 Å². The Morgan fingerprint density at radius 2 is 2.09 bits per heavy atom. The summed E-state index contributed by atoms with van der Waals surface area (Å²) >= 11 is 0. The van der Waals surface area contributed by atoms with Crippen LogP contribution in [0.25, 0.3) is 0 Å². The van der Waals surface area contributed by atoms with Crippen molar-refractivity contribution < 1.29 is 14.7 Å². The summed E-state index contributed by atoms with van der Waals surface area (Å²) in [5.41, 5.74) is 3.13. The fraction of sp³-hybridized carbons (Fsp3) is 0.529. The van der Waals surface area contributed by atoms with Gasteiger partial charge in [-0.05, 0) is 50.3 Å². The Morgan fingerprint density at radius 1 is 1.36 bits per heavy atom. The molecule has 1 aliphatic carbocycles. The summed E-state index contributed by atoms with van der Waals surface area (Å²) < 4.78 is 0. The van der Waals surface area contributed by atoms with Gasteiger partial charge in [-0.1, -0.05) is 12.1 Å². The minimum Gasteiger partial charge on any atom is -0.391 e. The predicted octanol–water partition coefficient (Wildman–Crippen LogP) is 1.16. The molecule has 5 nitrogen and oxygen atoms in total. The standard InChI is InChI=1S/C17H22N2O3/c1-10-3-4-12-7-8-19(14(12)9-10)17(22)15(11(2)20)18-16(21)13-5-6-13/h3-4,9,11,13,15,20H,5-8H2,1-2H3,(H,18,21)/t11-,15-/m0/s1. The quantitative estimate of drug-likeness (QED) is 0.877. The molecule has 1 aliphatic heterocycles. The molecule has 0 spiro atoms. The number of benzene rings is 1. The third kappa shape index (κ3) is 2.86. The summed E-state index contributed by atoms with van der Waals surface area (Å²) in [5, 5.41) is 12.7. The number of aryl methyl sites for hydroxylation is 1. The molecule has 0 bridgehead atoms. The van der Waals surface area contributed by atoms with Crippen LogP contribution in [0.3, 0.4) is 0 Å². The van der Waals surface area contributed by atoms with Gasteiger partial charge in [-0.15, -0.1) is 0 Å². The lowest BCUT2D eigenvalue weighted by atomic mass is 10.1. The molecule has 1 fully saturated rings. The molecule has 2 N–H and O–H groups in total. The van der Waals surface area contributed by atoms with E-state index in [-0.39, 0.29) is 17.7 Å². The van der Waals surface area contributed by atoms with E-state index in [1.807, 2.05) is 25.1 Å². The van der Waals surface area contributed by atoms with Crippen LogP contribution in [-0.2, 0) is 16.0 Å². The third-order valence-electron chi connectivity index (χ3n) is 4.40. The zero-order valence-electron chi connectivity index (χ0n) is 13.0. The van der Waals surface area contributed by atoms with Crippen LogP contribution in [0.5, 0.6) is 0 Å². The van der Waals surface area contributed by atoms with Gasteiger partial charge in [-0.3, -0.25) is 9.59 Å². The molecule has 118 valence electrons. The van der Waals surface area contributed by atoms with Gasteiger partial charge in [0.05, 0.1) is 6.10 Å². The maximum Gasteiger partial charge on any atom is 0.252 e. The van der Waals surface area contributed by atoms with Gasteiger partial charge in [-0.2, -0.15) is 0 Å². The lowest BCUT2D eigenvalue weighted by molar-refractivity contribution is -0.130. The summed E-state index contributed by atoms with van der Waals surface area (Å²) in [4.78, 5) is 26.4. The van der Waals surface area contributed by atoms with Crippen LogP contribution in [0.1, 0.15) is 30.9 Å². The maximum atomic E-state index is 12.8. The van der Waals surface area contributed by atoms with Crippen molar-refractivity contribution >= 4 is 17.5 Å². The molecule has 5 heteroatoms. The molecule has 0 unspecified atom stereocenters. The van der Waals surface area contributed by atoms with Gasteiger partial charge < -0.3 is 15.3 Å². The highest BCUT2D eigenvalue weighted by atomic mass is 16.3. The van der Waals surface area contributed by atoms with E-state index in [9.17, 15) is 14.7 Å². The highest BCUT2D eigenvalue weighted by Crippen LogP contribution is 2.31. The number of fused-ring (bicyclic) bond motifs is 1. The summed E-state index contributed by atoms with van der Waals surface area (Å²) in [6, 6.07) is 5.19. The molecular formula is C17H22N2O3. The number of nitrogens with zero attached hydrogens (tertiary/aromatic N) is 1. The molecule has 2 amide bonds. The Labute approximate surface area is 130 Å². The van der Waals surface area contributed by atoms with Crippen molar-refractivity contribution in [2.75, 3.05) is 11.4 Å². The Morgan fingerprint density at radius 3 is 2.73 bits per heavy atom. The van der Waals surface area contributed by atoms with Crippen LogP contribution in [0.2, 0.25) is 0 Å². The van der Waals surface area contributed by atoms with Crippen LogP contribution < -0.4 is 10.2 Å². The average Bonchev–Trinajstić information content (AvgIpc) is 3.24. The molecule has 1 saturated carbocycles. The Balaban J connectivity index is 1.79. The highest BCUT2D eigenvalue weighted by Gasteiger charge is 2.37. The number of hydrogen-bond donors (Lipinski definition) is 2. The molecule has 0 aromatic heterocycles. The molecule has 1 aromatic rings. The van der Waals surface area contributed by atoms with Gasteiger partial charge in [0.1, 0.15) is 6.04 Å². The van der Waals surface area contributed by atoms with Crippen LogP contribution >= 0.6 is 0 Å². The number of aliphatic hydroxyl groups is 1. The van der Waals surface area contributed by atoms with Crippen LogP contribution in [0, 0.1) is 12.8 Å². The van der Waals surface area contributed by atoms with E-state index < -0.39 is 12.1 Å². The fourth-order valence-electron chi connectivity index (χ4n) is 2.89. The van der Waals surface area contributed by atoms with Crippen molar-refractivity contribution in [1.82, 2.24) is 5.32 Å². The molecule has 22 heavy (non-hydrogen) atoms. The zero-order valence-corrected chi connectivity index (χ0v) is 13.0. The molecule has 3 rings (SSSR count). The minimum absolute atomic E-state index is 0.0159. The monoisotopic (exact) mass is 302 g/mol. The molecular weight excluding hydrogens is 280 g/mol. The maximum absolute atomic E-state index is 12.8. The van der Waals surface area contributed by atoms with Crippen molar-refractivity contribution in [3.05, 3.63) is 29.3 Å². The number of carbonyl (C=O) groups is 2. The Bertz CT molecular complexity index is 608. The number of anilines is 1. The van der Waals surface area contributed by atoms with E-state index in [1.165, 1.54) is 0 Å². The first-order chi connectivity index (χ1) is 10.5. The van der Waals surface area contributed by atoms with Crippen LogP contribution in [-0.4, -0.2) is 35.6 Å². The first-order valence-corrected chi connectivity index (χ1v) is 7.86. The van der Waals surface area contributed by atoms with Gasteiger partial charge in [0.25, 0.3) is 5.91 Å². The van der Waals surface area contributed by atoms with Crippen molar-refractivity contribution in [1.29, 1.82) is 0 Å². The third-order valence-corrected chi connectivity index (χ3v) is 4.40. The number of amides is 2. The van der Waals surface area contributed by atoms with E-state index in [0.29, 0.717) is 6.54 Å². The second-order valence-electron chi connectivity index (χ2n) is 6.37. The van der Waals surface area contributed by atoms with Crippen molar-refractivity contribution in [3.8, 4) is 0 Å². The molecule has 0 radical (unpaired) electrons. The van der Waals surface area contributed by atoms with Gasteiger partial charge in [0.15, 0.2) is 0 Å². The van der Waals surface area contributed by atoms with E-state index in [0.717, 1.165) is 36.1 Å². The van der Waals surface area contributed by atoms with Crippen molar-refractivity contribution in [2.24, 2.45) is 5.92 Å². The lowest BCUT2D eigenvalue weighted by Gasteiger charge is -2.26. The van der Waals surface area contributed by atoms with Crippen LogP contribution in [0.4, 0.5) is 5.69 Å². The van der Waals surface area contributed by atoms with Crippen molar-refractivity contribution in [2.45, 2.75) is 45.3 Å². The van der Waals surface area contributed by atoms with E-state index in [2.05, 4.69) is 5.32 Å². The van der Waals surface area contributed by atoms with Crippen LogP contribution in [0.15, 0.2) is 18.2 Å². The molecule has 2 atom stereocenters. The Kier molecular flexibility index (Phi) is 3.91. The number of hydrogen-bond acceptors (Lipinski definition) is 3. The predicted molar refractivity (Wildman–Crippen MR) is 83.6 cm³/mol. The normalized spacial score (nSPS) is 19.5. The summed E-state index contributed by atoms with van der Waals surface area (Å²) in [6.45, 7) is 4.13. The molecule has 1 heterocycles. The largest absolute Gasteiger partial charge is 0.391 e. The minimum atomic E-state index is -0.913. The first kappa shape index (κ1) is 15.0. The van der Waals surface area contributed by atoms with Crippen molar-refractivity contribution in [3.63, 3.8) is 0 Å². The van der Waals surface area contributed by atoms with Gasteiger partial charge >= 0.3 is 0 Å². The fourth-order valence-corrected chi connectivity index (χ4v) is 2.89. The average molecular weight is 302 g/mol. The summed E-state index contributed by atoms with van der Waals surface area (Å²) in [5.74, 6) is -0.335. The number of carbonyl (C=O) groups excluding carboxylic acids is 2. The molecule has 0 saturated heterocycles. The number of aliphatic hydroxyl groups excluding tert-OH is 1. The smallest absolute Gasteiger partial charge is 0.252 e. The zero-order chi connectivity index (χ0) is 15.9.